The van der Waals surface area contributed by atoms with Gasteiger partial charge < -0.3 is 24.1 Å². The van der Waals surface area contributed by atoms with E-state index in [9.17, 15) is 27.7 Å². The van der Waals surface area contributed by atoms with Gasteiger partial charge in [0.05, 0.1) is 15.7 Å². The molecule has 1 aliphatic rings. The van der Waals surface area contributed by atoms with Gasteiger partial charge in [0.25, 0.3) is 0 Å². The first kappa shape index (κ1) is 32.7. The van der Waals surface area contributed by atoms with Crippen LogP contribution >= 0.6 is 0 Å². The maximum atomic E-state index is 12.8. The molecule has 4 rings (SSSR count). The highest BCUT2D eigenvalue weighted by atomic mass is 32.2. The molecule has 2 heterocycles. The number of benzene rings is 2. The molecule has 0 unspecified atom stereocenters. The summed E-state index contributed by atoms with van der Waals surface area (Å²) in [5, 5.41) is 20.3. The summed E-state index contributed by atoms with van der Waals surface area (Å²) < 4.78 is 42.9. The molecular weight excluding hydrogens is 584 g/mol. The number of allylic oxidation sites excluding steroid dienone is 3. The fourth-order valence-corrected chi connectivity index (χ4v) is 6.19. The van der Waals surface area contributed by atoms with Gasteiger partial charge in [-0.2, -0.15) is 4.58 Å². The van der Waals surface area contributed by atoms with Crippen LogP contribution in [0.25, 0.3) is 17.0 Å². The summed E-state index contributed by atoms with van der Waals surface area (Å²) in [5.74, 6) is -1.02. The van der Waals surface area contributed by atoms with Crippen LogP contribution < -0.4 is 10.5 Å². The predicted octanol–water partition coefficient (Wildman–Crippen LogP) is 5.54. The molecule has 0 fully saturated rings. The van der Waals surface area contributed by atoms with Crippen molar-refractivity contribution >= 4 is 50.2 Å². The lowest BCUT2D eigenvalue weighted by Gasteiger charge is -2.21. The van der Waals surface area contributed by atoms with Gasteiger partial charge in [-0.1, -0.05) is 12.2 Å². The van der Waals surface area contributed by atoms with E-state index in [1.54, 1.807) is 30.4 Å². The van der Waals surface area contributed by atoms with Gasteiger partial charge in [-0.25, -0.2) is 13.2 Å². The Kier molecular flexibility index (Phi) is 9.80. The monoisotopic (exact) mass is 622 g/mol. The quantitative estimate of drug-likeness (QED) is 0.0823. The Bertz CT molecular complexity index is 1830. The number of nitrogens with zero attached hydrogens (tertiary/aromatic N) is 2. The van der Waals surface area contributed by atoms with Crippen LogP contribution in [0.3, 0.4) is 0 Å². The van der Waals surface area contributed by atoms with Gasteiger partial charge in [-0.05, 0) is 70.9 Å². The summed E-state index contributed by atoms with van der Waals surface area (Å²) in [7, 11) is -4.65. The minimum atomic E-state index is -4.65. The van der Waals surface area contributed by atoms with Crippen molar-refractivity contribution in [2.24, 2.45) is 0 Å². The van der Waals surface area contributed by atoms with Crippen LogP contribution in [0.1, 0.15) is 64.5 Å². The Labute approximate surface area is 257 Å². The smallest absolute Gasteiger partial charge is 0.347 e. The summed E-state index contributed by atoms with van der Waals surface area (Å²) in [4.78, 5) is 25.5. The van der Waals surface area contributed by atoms with Gasteiger partial charge in [-0.15, -0.1) is 0 Å². The van der Waals surface area contributed by atoms with Crippen LogP contribution in [0.5, 0.6) is 5.75 Å². The van der Waals surface area contributed by atoms with Gasteiger partial charge >= 0.3 is 11.6 Å². The molecule has 2 N–H and O–H groups in total. The zero-order valence-corrected chi connectivity index (χ0v) is 26.2. The minimum Gasteiger partial charge on any atom is -0.744 e. The number of rotatable bonds is 13. The van der Waals surface area contributed by atoms with Crippen LogP contribution in [0, 0.1) is 0 Å². The van der Waals surface area contributed by atoms with Gasteiger partial charge in [-0.3, -0.25) is 4.79 Å². The molecule has 0 amide bonds. The highest BCUT2D eigenvalue weighted by Crippen LogP contribution is 2.41. The maximum absolute atomic E-state index is 12.8. The molecule has 0 bridgehead atoms. The minimum absolute atomic E-state index is 0.0114. The Morgan fingerprint density at radius 3 is 2.41 bits per heavy atom. The van der Waals surface area contributed by atoms with E-state index in [0.717, 1.165) is 30.2 Å². The predicted molar refractivity (Wildman–Crippen MR) is 169 cm³/mol. The second-order valence-electron chi connectivity index (χ2n) is 11.2. The van der Waals surface area contributed by atoms with Crippen molar-refractivity contribution < 1.29 is 37.0 Å². The number of aliphatic carboxylic acids is 1. The van der Waals surface area contributed by atoms with Crippen molar-refractivity contribution in [2.75, 3.05) is 24.5 Å². The van der Waals surface area contributed by atoms with Crippen LogP contribution in [0.15, 0.2) is 68.7 Å². The molecule has 234 valence electrons. The van der Waals surface area contributed by atoms with Crippen molar-refractivity contribution in [1.29, 1.82) is 0 Å². The zero-order valence-electron chi connectivity index (χ0n) is 25.4. The summed E-state index contributed by atoms with van der Waals surface area (Å²) >= 11 is 0. The van der Waals surface area contributed by atoms with E-state index in [4.69, 9.17) is 9.52 Å². The zero-order chi connectivity index (χ0) is 32.2. The summed E-state index contributed by atoms with van der Waals surface area (Å²) in [6.07, 6.45) is 8.66. The third kappa shape index (κ3) is 6.79. The normalized spacial score (nSPS) is 14.7. The Morgan fingerprint density at radius 1 is 1.05 bits per heavy atom. The molecule has 0 saturated heterocycles. The number of unbranched alkanes of at least 4 members (excludes halogenated alkanes) is 2. The number of carboxylic acids is 1. The number of fused-ring (bicyclic) bond motifs is 2. The molecule has 0 radical (unpaired) electrons. The number of hydrogen-bond acceptors (Lipinski definition) is 8. The van der Waals surface area contributed by atoms with Crippen LogP contribution in [-0.2, 0) is 20.3 Å². The van der Waals surface area contributed by atoms with Gasteiger partial charge in [0.1, 0.15) is 33.6 Å². The molecule has 0 saturated carbocycles. The van der Waals surface area contributed by atoms with Gasteiger partial charge in [0, 0.05) is 55.4 Å². The maximum Gasteiger partial charge on any atom is 0.347 e. The Morgan fingerprint density at radius 2 is 1.75 bits per heavy atom. The van der Waals surface area contributed by atoms with E-state index in [2.05, 4.69) is 4.90 Å². The van der Waals surface area contributed by atoms with E-state index in [1.807, 2.05) is 44.4 Å². The average Bonchev–Trinajstić information content (AvgIpc) is 3.17. The fraction of sp³-hybridized carbons (Fsp3) is 0.364. The van der Waals surface area contributed by atoms with Gasteiger partial charge in [0.15, 0.2) is 5.71 Å². The lowest BCUT2D eigenvalue weighted by atomic mass is 9.81. The first-order chi connectivity index (χ1) is 20.8. The van der Waals surface area contributed by atoms with Gasteiger partial charge in [0.2, 0.25) is 5.69 Å². The molecule has 3 aromatic rings. The second kappa shape index (κ2) is 13.2. The summed E-state index contributed by atoms with van der Waals surface area (Å²) in [6, 6.07) is 9.68. The molecule has 0 aliphatic carbocycles. The summed E-state index contributed by atoms with van der Waals surface area (Å²) in [6.45, 7) is 10.0. The fourth-order valence-electron chi connectivity index (χ4n) is 5.69. The van der Waals surface area contributed by atoms with Crippen molar-refractivity contribution in [3.05, 3.63) is 76.2 Å². The third-order valence-electron chi connectivity index (χ3n) is 8.08. The Hall–Kier alpha value is -4.22. The molecule has 11 heteroatoms. The molecule has 0 spiro atoms. The highest BCUT2D eigenvalue weighted by molar-refractivity contribution is 7.85. The van der Waals surface area contributed by atoms with E-state index < -0.39 is 27.1 Å². The largest absolute Gasteiger partial charge is 0.744 e. The molecule has 0 atom stereocenters. The SMILES string of the molecule is CCN(CC)c1ccc2c(O)c(C=CC=CC3=[N+](CCCCCC(=O)O)c4ccc(S(=O)(=O)[O-])cc4C3(C)C)c(=O)oc2c1. The lowest BCUT2D eigenvalue weighted by Crippen LogP contribution is -2.28. The van der Waals surface area contributed by atoms with Crippen molar-refractivity contribution in [1.82, 2.24) is 0 Å². The van der Waals surface area contributed by atoms with Crippen molar-refractivity contribution in [3.8, 4) is 5.75 Å². The van der Waals surface area contributed by atoms with Crippen molar-refractivity contribution in [3.63, 3.8) is 0 Å². The number of aromatic hydroxyl groups is 1. The van der Waals surface area contributed by atoms with E-state index >= 15 is 0 Å². The highest BCUT2D eigenvalue weighted by Gasteiger charge is 2.44. The molecule has 2 aromatic carbocycles. The van der Waals surface area contributed by atoms with E-state index in [-0.39, 0.29) is 22.6 Å². The van der Waals surface area contributed by atoms with Crippen LogP contribution in [-0.4, -0.2) is 59.1 Å². The molecule has 10 nitrogen and oxygen atoms in total. The third-order valence-corrected chi connectivity index (χ3v) is 8.91. The molecule has 44 heavy (non-hydrogen) atoms. The number of hydrogen-bond donors (Lipinski definition) is 2. The molecular formula is C33H38N2O8S. The van der Waals surface area contributed by atoms with Crippen LogP contribution in [0.4, 0.5) is 11.4 Å². The molecule has 1 aromatic heterocycles. The number of carbonyl (C=O) groups is 1. The summed E-state index contributed by atoms with van der Waals surface area (Å²) in [5.41, 5.74) is 2.12. The Balaban J connectivity index is 1.66. The van der Waals surface area contributed by atoms with Crippen molar-refractivity contribution in [2.45, 2.75) is 63.7 Å². The molecule has 1 aliphatic heterocycles. The standard InChI is InChI=1S/C33H38N2O8S/c1-5-34(6-2)22-15-17-24-28(20-22)43-32(39)25(31(24)38)12-9-10-13-29-33(3,4)26-21-23(44(40,41)42)16-18-27(26)35(29)19-11-7-8-14-30(36)37/h9-10,12-13,15-18,20-21H,5-8,11,14,19H2,1-4H3,(H2,36,37,40,41,42). The van der Waals surface area contributed by atoms with E-state index in [0.29, 0.717) is 42.3 Å². The number of anilines is 1. The number of carboxylic acid groups (broad SMARTS) is 1. The topological polar surface area (TPSA) is 151 Å². The first-order valence-corrected chi connectivity index (χ1v) is 16.1. The first-order valence-electron chi connectivity index (χ1n) is 14.7. The van der Waals surface area contributed by atoms with Crippen LogP contribution in [0.2, 0.25) is 0 Å². The average molecular weight is 623 g/mol. The lowest BCUT2D eigenvalue weighted by molar-refractivity contribution is -0.438. The second-order valence-corrected chi connectivity index (χ2v) is 12.6. The van der Waals surface area contributed by atoms with E-state index in [1.165, 1.54) is 18.2 Å².